The molecule has 5 heteroatoms. The summed E-state index contributed by atoms with van der Waals surface area (Å²) >= 11 is 9.68. The lowest BCUT2D eigenvalue weighted by atomic mass is 10.1. The zero-order valence-electron chi connectivity index (χ0n) is 10.5. The monoisotopic (exact) mass is 350 g/mol. The average Bonchev–Trinajstić information content (AvgIpc) is 2.40. The summed E-state index contributed by atoms with van der Waals surface area (Å²) in [7, 11) is 0. The van der Waals surface area contributed by atoms with Gasteiger partial charge in [0.2, 0.25) is 0 Å². The number of aryl methyl sites for hydroxylation is 1. The summed E-state index contributed by atoms with van der Waals surface area (Å²) in [6.07, 6.45) is 0. The minimum Gasteiger partial charge on any atom is -0.227 e. The number of benzene rings is 2. The molecule has 0 radical (unpaired) electrons. The summed E-state index contributed by atoms with van der Waals surface area (Å²) in [5.41, 5.74) is 2.06. The molecule has 0 saturated carbocycles. The second-order valence-electron chi connectivity index (χ2n) is 4.46. The summed E-state index contributed by atoms with van der Waals surface area (Å²) in [6, 6.07) is 10.2. The summed E-state index contributed by atoms with van der Waals surface area (Å²) in [5.74, 6) is -0.0868. The highest BCUT2D eigenvalue weighted by molar-refractivity contribution is 9.10. The third kappa shape index (κ3) is 2.30. The van der Waals surface area contributed by atoms with Crippen LogP contribution in [-0.4, -0.2) is 9.97 Å². The number of nitrogens with zero attached hydrogens (tertiary/aromatic N) is 2. The zero-order valence-corrected chi connectivity index (χ0v) is 12.8. The van der Waals surface area contributed by atoms with Crippen LogP contribution in [0.2, 0.25) is 5.15 Å². The van der Waals surface area contributed by atoms with Crippen molar-refractivity contribution in [2.45, 2.75) is 6.92 Å². The van der Waals surface area contributed by atoms with Gasteiger partial charge in [-0.15, -0.1) is 0 Å². The quantitative estimate of drug-likeness (QED) is 0.566. The topological polar surface area (TPSA) is 25.8 Å². The number of aromatic nitrogens is 2. The van der Waals surface area contributed by atoms with Crippen molar-refractivity contribution in [1.82, 2.24) is 9.97 Å². The molecule has 0 fully saturated rings. The van der Waals surface area contributed by atoms with Crippen LogP contribution in [0.5, 0.6) is 0 Å². The molecule has 0 unspecified atom stereocenters. The van der Waals surface area contributed by atoms with Crippen molar-refractivity contribution in [3.8, 4) is 11.4 Å². The van der Waals surface area contributed by atoms with E-state index >= 15 is 0 Å². The fourth-order valence-corrected chi connectivity index (χ4v) is 2.94. The van der Waals surface area contributed by atoms with E-state index in [-0.39, 0.29) is 11.6 Å². The van der Waals surface area contributed by atoms with Gasteiger partial charge in [0.1, 0.15) is 11.0 Å². The van der Waals surface area contributed by atoms with Crippen LogP contribution in [0.4, 0.5) is 4.39 Å². The van der Waals surface area contributed by atoms with Crippen LogP contribution < -0.4 is 0 Å². The SMILES string of the molecule is Cc1cc(Br)c2nc(-c3ccccc3F)nc(Cl)c2c1. The standard InChI is InChI=1S/C15H9BrClFN2/c1-8-6-10-13(11(16)7-8)19-15(20-14(10)17)9-4-2-3-5-12(9)18/h2-7H,1H3. The maximum Gasteiger partial charge on any atom is 0.164 e. The molecule has 2 nitrogen and oxygen atoms in total. The van der Waals surface area contributed by atoms with Gasteiger partial charge in [-0.25, -0.2) is 14.4 Å². The highest BCUT2D eigenvalue weighted by Crippen LogP contribution is 2.31. The van der Waals surface area contributed by atoms with Gasteiger partial charge >= 0.3 is 0 Å². The van der Waals surface area contributed by atoms with E-state index in [9.17, 15) is 4.39 Å². The molecule has 100 valence electrons. The molecule has 1 heterocycles. The maximum atomic E-state index is 13.8. The molecule has 0 saturated heterocycles. The molecule has 0 atom stereocenters. The number of fused-ring (bicyclic) bond motifs is 1. The highest BCUT2D eigenvalue weighted by atomic mass is 79.9. The van der Waals surface area contributed by atoms with Crippen LogP contribution in [0.15, 0.2) is 40.9 Å². The Labute approximate surface area is 128 Å². The Hall–Kier alpha value is -1.52. The average molecular weight is 352 g/mol. The molecule has 0 N–H and O–H groups in total. The Morgan fingerprint density at radius 1 is 1.15 bits per heavy atom. The minimum atomic E-state index is -0.369. The fourth-order valence-electron chi connectivity index (χ4n) is 2.05. The van der Waals surface area contributed by atoms with Gasteiger partial charge in [-0.3, -0.25) is 0 Å². The normalized spacial score (nSPS) is 11.0. The molecule has 3 aromatic rings. The van der Waals surface area contributed by atoms with Crippen LogP contribution in [0.1, 0.15) is 5.56 Å². The Morgan fingerprint density at radius 2 is 1.90 bits per heavy atom. The first kappa shape index (κ1) is 13.5. The molecule has 0 bridgehead atoms. The molecule has 0 aliphatic rings. The Bertz CT molecular complexity index is 820. The van der Waals surface area contributed by atoms with E-state index in [0.717, 1.165) is 15.4 Å². The lowest BCUT2D eigenvalue weighted by Crippen LogP contribution is -1.95. The number of hydrogen-bond donors (Lipinski definition) is 0. The van der Waals surface area contributed by atoms with E-state index in [4.69, 9.17) is 11.6 Å². The predicted octanol–water partition coefficient (Wildman–Crippen LogP) is 5.16. The summed E-state index contributed by atoms with van der Waals surface area (Å²) in [6.45, 7) is 1.96. The van der Waals surface area contributed by atoms with Crippen molar-refractivity contribution in [3.63, 3.8) is 0 Å². The number of hydrogen-bond acceptors (Lipinski definition) is 2. The molecule has 0 spiro atoms. The lowest BCUT2D eigenvalue weighted by Gasteiger charge is -2.08. The molecule has 20 heavy (non-hydrogen) atoms. The second kappa shape index (κ2) is 5.11. The van der Waals surface area contributed by atoms with Gasteiger partial charge in [-0.1, -0.05) is 23.7 Å². The van der Waals surface area contributed by atoms with Crippen LogP contribution in [0.25, 0.3) is 22.3 Å². The van der Waals surface area contributed by atoms with Gasteiger partial charge in [0.05, 0.1) is 11.1 Å². The van der Waals surface area contributed by atoms with Crippen LogP contribution in [-0.2, 0) is 0 Å². The van der Waals surface area contributed by atoms with Crippen molar-refractivity contribution in [3.05, 3.63) is 57.4 Å². The van der Waals surface area contributed by atoms with Crippen LogP contribution in [0.3, 0.4) is 0 Å². The third-order valence-electron chi connectivity index (χ3n) is 2.97. The molecule has 2 aromatic carbocycles. The first-order valence-corrected chi connectivity index (χ1v) is 7.11. The van der Waals surface area contributed by atoms with Crippen LogP contribution in [0, 0.1) is 12.7 Å². The van der Waals surface area contributed by atoms with Crippen molar-refractivity contribution in [1.29, 1.82) is 0 Å². The number of rotatable bonds is 1. The molecular formula is C15H9BrClFN2. The number of halogens is 3. The van der Waals surface area contributed by atoms with Gasteiger partial charge in [0.15, 0.2) is 5.82 Å². The third-order valence-corrected chi connectivity index (χ3v) is 3.86. The molecular weight excluding hydrogens is 343 g/mol. The zero-order chi connectivity index (χ0) is 14.3. The van der Waals surface area contributed by atoms with Crippen molar-refractivity contribution in [2.24, 2.45) is 0 Å². The Morgan fingerprint density at radius 3 is 2.65 bits per heavy atom. The fraction of sp³-hybridized carbons (Fsp3) is 0.0667. The van der Waals surface area contributed by atoms with Gasteiger partial charge in [-0.2, -0.15) is 0 Å². The predicted molar refractivity (Wildman–Crippen MR) is 82.4 cm³/mol. The van der Waals surface area contributed by atoms with E-state index in [1.807, 2.05) is 19.1 Å². The molecule has 3 rings (SSSR count). The molecule has 0 aliphatic heterocycles. The maximum absolute atomic E-state index is 13.8. The summed E-state index contributed by atoms with van der Waals surface area (Å²) in [4.78, 5) is 8.63. The van der Waals surface area contributed by atoms with Crippen molar-refractivity contribution in [2.75, 3.05) is 0 Å². The van der Waals surface area contributed by atoms with E-state index in [2.05, 4.69) is 25.9 Å². The van der Waals surface area contributed by atoms with Gasteiger partial charge < -0.3 is 0 Å². The van der Waals surface area contributed by atoms with E-state index in [1.165, 1.54) is 6.07 Å². The van der Waals surface area contributed by atoms with Gasteiger partial charge in [-0.05, 0) is 52.7 Å². The second-order valence-corrected chi connectivity index (χ2v) is 5.67. The van der Waals surface area contributed by atoms with Crippen molar-refractivity contribution < 1.29 is 4.39 Å². The minimum absolute atomic E-state index is 0.283. The van der Waals surface area contributed by atoms with E-state index in [1.54, 1.807) is 18.2 Å². The van der Waals surface area contributed by atoms with Crippen LogP contribution >= 0.6 is 27.5 Å². The van der Waals surface area contributed by atoms with Crippen molar-refractivity contribution >= 4 is 38.4 Å². The van der Waals surface area contributed by atoms with Gasteiger partial charge in [0.25, 0.3) is 0 Å². The summed E-state index contributed by atoms with van der Waals surface area (Å²) < 4.78 is 14.7. The molecule has 0 amide bonds. The molecule has 0 aliphatic carbocycles. The lowest BCUT2D eigenvalue weighted by molar-refractivity contribution is 0.630. The molecule has 1 aromatic heterocycles. The smallest absolute Gasteiger partial charge is 0.164 e. The van der Waals surface area contributed by atoms with Gasteiger partial charge in [0, 0.05) is 9.86 Å². The van der Waals surface area contributed by atoms with E-state index < -0.39 is 0 Å². The first-order valence-electron chi connectivity index (χ1n) is 5.94. The Balaban J connectivity index is 2.33. The summed E-state index contributed by atoms with van der Waals surface area (Å²) in [5, 5.41) is 1.07. The first-order chi connectivity index (χ1) is 9.56. The Kier molecular flexibility index (Phi) is 3.44. The highest BCUT2D eigenvalue weighted by Gasteiger charge is 2.13. The largest absolute Gasteiger partial charge is 0.227 e. The van der Waals surface area contributed by atoms with E-state index in [0.29, 0.717) is 16.2 Å².